The third kappa shape index (κ3) is 2.78. The Morgan fingerprint density at radius 1 is 1.05 bits per heavy atom. The SMILES string of the molecule is Cc1cccc(-c2nc(-c3ccc(Br)cc3)c(C)s2)c1F. The molecule has 0 amide bonds. The van der Waals surface area contributed by atoms with E-state index < -0.39 is 0 Å². The molecule has 21 heavy (non-hydrogen) atoms. The summed E-state index contributed by atoms with van der Waals surface area (Å²) in [6.07, 6.45) is 0. The van der Waals surface area contributed by atoms with Crippen LogP contribution < -0.4 is 0 Å². The molecule has 0 radical (unpaired) electrons. The van der Waals surface area contributed by atoms with Crippen molar-refractivity contribution in [2.24, 2.45) is 0 Å². The number of thiazole rings is 1. The Balaban J connectivity index is 2.09. The normalized spacial score (nSPS) is 10.9. The average Bonchev–Trinajstić information content (AvgIpc) is 2.84. The molecule has 4 heteroatoms. The van der Waals surface area contributed by atoms with Crippen molar-refractivity contribution < 1.29 is 4.39 Å². The fourth-order valence-electron chi connectivity index (χ4n) is 2.20. The maximum atomic E-state index is 14.2. The van der Waals surface area contributed by atoms with E-state index in [1.165, 1.54) is 11.3 Å². The standard InChI is InChI=1S/C17H13BrFNS/c1-10-4-3-5-14(15(10)19)17-20-16(11(2)21-17)12-6-8-13(18)9-7-12/h3-9H,1-2H3. The molecule has 0 atom stereocenters. The maximum absolute atomic E-state index is 14.2. The summed E-state index contributed by atoms with van der Waals surface area (Å²) in [5, 5.41) is 0.728. The Hall–Kier alpha value is -1.52. The molecule has 2 aromatic carbocycles. The highest BCUT2D eigenvalue weighted by atomic mass is 79.9. The number of hydrogen-bond acceptors (Lipinski definition) is 2. The summed E-state index contributed by atoms with van der Waals surface area (Å²) in [6.45, 7) is 3.79. The van der Waals surface area contributed by atoms with Crippen molar-refractivity contribution in [1.82, 2.24) is 4.98 Å². The van der Waals surface area contributed by atoms with Crippen LogP contribution in [-0.2, 0) is 0 Å². The number of rotatable bonds is 2. The zero-order valence-electron chi connectivity index (χ0n) is 11.7. The Bertz CT molecular complexity index is 793. The molecule has 0 bridgehead atoms. The maximum Gasteiger partial charge on any atom is 0.136 e. The van der Waals surface area contributed by atoms with Gasteiger partial charge in [0.15, 0.2) is 0 Å². The van der Waals surface area contributed by atoms with Crippen LogP contribution in [0.5, 0.6) is 0 Å². The van der Waals surface area contributed by atoms with Gasteiger partial charge in [-0.1, -0.05) is 40.2 Å². The number of halogens is 2. The quantitative estimate of drug-likeness (QED) is 0.545. The molecule has 1 heterocycles. The molecule has 0 spiro atoms. The lowest BCUT2D eigenvalue weighted by atomic mass is 10.1. The highest BCUT2D eigenvalue weighted by Crippen LogP contribution is 2.35. The molecule has 0 aliphatic heterocycles. The van der Waals surface area contributed by atoms with Gasteiger partial charge in [-0.15, -0.1) is 11.3 Å². The largest absolute Gasteiger partial charge is 0.236 e. The summed E-state index contributed by atoms with van der Waals surface area (Å²) in [7, 11) is 0. The van der Waals surface area contributed by atoms with Gasteiger partial charge in [0.2, 0.25) is 0 Å². The molecule has 0 N–H and O–H groups in total. The minimum atomic E-state index is -0.186. The molecule has 0 fully saturated rings. The zero-order valence-corrected chi connectivity index (χ0v) is 14.1. The number of aromatic nitrogens is 1. The molecule has 3 aromatic rings. The molecular formula is C17H13BrFNS. The Morgan fingerprint density at radius 3 is 2.48 bits per heavy atom. The van der Waals surface area contributed by atoms with Crippen LogP contribution in [0, 0.1) is 19.7 Å². The van der Waals surface area contributed by atoms with E-state index in [4.69, 9.17) is 0 Å². The third-order valence-corrected chi connectivity index (χ3v) is 4.87. The van der Waals surface area contributed by atoms with Gasteiger partial charge in [-0.05, 0) is 37.6 Å². The zero-order chi connectivity index (χ0) is 15.0. The molecule has 3 rings (SSSR count). The monoisotopic (exact) mass is 361 g/mol. The number of aryl methyl sites for hydroxylation is 2. The van der Waals surface area contributed by atoms with Crippen LogP contribution in [0.15, 0.2) is 46.9 Å². The molecule has 0 saturated carbocycles. The predicted octanol–water partition coefficient (Wildman–Crippen LogP) is 6.00. The first-order chi connectivity index (χ1) is 10.1. The second-order valence-electron chi connectivity index (χ2n) is 4.87. The van der Waals surface area contributed by atoms with Gasteiger partial charge in [-0.2, -0.15) is 0 Å². The molecule has 106 valence electrons. The summed E-state index contributed by atoms with van der Waals surface area (Å²) >= 11 is 4.96. The highest BCUT2D eigenvalue weighted by Gasteiger charge is 2.15. The van der Waals surface area contributed by atoms with E-state index in [-0.39, 0.29) is 5.82 Å². The van der Waals surface area contributed by atoms with Gasteiger partial charge in [0, 0.05) is 20.5 Å². The van der Waals surface area contributed by atoms with Gasteiger partial charge in [0.25, 0.3) is 0 Å². The van der Waals surface area contributed by atoms with Gasteiger partial charge in [0.1, 0.15) is 10.8 Å². The fraction of sp³-hybridized carbons (Fsp3) is 0.118. The van der Waals surface area contributed by atoms with Crippen molar-refractivity contribution in [1.29, 1.82) is 0 Å². The van der Waals surface area contributed by atoms with Crippen LogP contribution >= 0.6 is 27.3 Å². The van der Waals surface area contributed by atoms with Gasteiger partial charge in [-0.3, -0.25) is 0 Å². The Morgan fingerprint density at radius 2 is 1.76 bits per heavy atom. The first-order valence-corrected chi connectivity index (χ1v) is 8.16. The number of benzene rings is 2. The van der Waals surface area contributed by atoms with Crippen LogP contribution in [-0.4, -0.2) is 4.98 Å². The topological polar surface area (TPSA) is 12.9 Å². The summed E-state index contributed by atoms with van der Waals surface area (Å²) in [4.78, 5) is 5.74. The van der Waals surface area contributed by atoms with Crippen LogP contribution in [0.4, 0.5) is 4.39 Å². The van der Waals surface area contributed by atoms with Crippen LogP contribution in [0.3, 0.4) is 0 Å². The molecule has 1 nitrogen and oxygen atoms in total. The molecule has 0 saturated heterocycles. The minimum Gasteiger partial charge on any atom is -0.236 e. The van der Waals surface area contributed by atoms with Crippen LogP contribution in [0.2, 0.25) is 0 Å². The average molecular weight is 362 g/mol. The molecule has 1 aromatic heterocycles. The Kier molecular flexibility index (Phi) is 3.91. The second kappa shape index (κ2) is 5.70. The fourth-order valence-corrected chi connectivity index (χ4v) is 3.42. The lowest BCUT2D eigenvalue weighted by molar-refractivity contribution is 0.622. The van der Waals surface area contributed by atoms with Crippen molar-refractivity contribution in [3.63, 3.8) is 0 Å². The van der Waals surface area contributed by atoms with Gasteiger partial charge in [0.05, 0.1) is 5.69 Å². The van der Waals surface area contributed by atoms with Crippen LogP contribution in [0.25, 0.3) is 21.8 Å². The van der Waals surface area contributed by atoms with E-state index in [1.54, 1.807) is 19.1 Å². The molecular weight excluding hydrogens is 349 g/mol. The van der Waals surface area contributed by atoms with Crippen molar-refractivity contribution in [2.75, 3.05) is 0 Å². The molecule has 0 aliphatic carbocycles. The number of nitrogens with zero attached hydrogens (tertiary/aromatic N) is 1. The summed E-state index contributed by atoms with van der Waals surface area (Å²) in [5.41, 5.74) is 3.19. The highest BCUT2D eigenvalue weighted by molar-refractivity contribution is 9.10. The van der Waals surface area contributed by atoms with Gasteiger partial charge < -0.3 is 0 Å². The van der Waals surface area contributed by atoms with Gasteiger partial charge >= 0.3 is 0 Å². The lowest BCUT2D eigenvalue weighted by Crippen LogP contribution is -1.87. The van der Waals surface area contributed by atoms with E-state index in [0.717, 1.165) is 25.6 Å². The first kappa shape index (κ1) is 14.4. The second-order valence-corrected chi connectivity index (χ2v) is 6.99. The summed E-state index contributed by atoms with van der Waals surface area (Å²) < 4.78 is 15.3. The van der Waals surface area contributed by atoms with Gasteiger partial charge in [-0.25, -0.2) is 9.37 Å². The van der Waals surface area contributed by atoms with Crippen molar-refractivity contribution >= 4 is 27.3 Å². The predicted molar refractivity (Wildman–Crippen MR) is 90.1 cm³/mol. The van der Waals surface area contributed by atoms with Crippen molar-refractivity contribution in [3.8, 4) is 21.8 Å². The van der Waals surface area contributed by atoms with E-state index in [0.29, 0.717) is 11.1 Å². The third-order valence-electron chi connectivity index (χ3n) is 3.34. The molecule has 0 aliphatic rings. The van der Waals surface area contributed by atoms with E-state index in [9.17, 15) is 4.39 Å². The number of hydrogen-bond donors (Lipinski definition) is 0. The molecule has 0 unspecified atom stereocenters. The van der Waals surface area contributed by atoms with Crippen molar-refractivity contribution in [3.05, 3.63) is 63.2 Å². The van der Waals surface area contributed by atoms with E-state index in [2.05, 4.69) is 20.9 Å². The smallest absolute Gasteiger partial charge is 0.136 e. The summed E-state index contributed by atoms with van der Waals surface area (Å²) in [5.74, 6) is -0.186. The van der Waals surface area contributed by atoms with E-state index >= 15 is 0 Å². The van der Waals surface area contributed by atoms with E-state index in [1.807, 2.05) is 37.3 Å². The Labute approximate surface area is 135 Å². The van der Waals surface area contributed by atoms with Crippen molar-refractivity contribution in [2.45, 2.75) is 13.8 Å². The first-order valence-electron chi connectivity index (χ1n) is 6.55. The lowest BCUT2D eigenvalue weighted by Gasteiger charge is -2.01. The minimum absolute atomic E-state index is 0.186. The van der Waals surface area contributed by atoms with Crippen LogP contribution in [0.1, 0.15) is 10.4 Å². The summed E-state index contributed by atoms with van der Waals surface area (Å²) in [6, 6.07) is 13.4.